The first-order valence-electron chi connectivity index (χ1n) is 38.0. The molecule has 0 aromatic heterocycles. The van der Waals surface area contributed by atoms with Crippen LogP contribution in [0, 0.1) is 0 Å². The van der Waals surface area contributed by atoms with E-state index < -0.39 is 0 Å². The van der Waals surface area contributed by atoms with Crippen LogP contribution in [0.3, 0.4) is 0 Å². The van der Waals surface area contributed by atoms with Gasteiger partial charge in [-0.3, -0.25) is 0 Å². The van der Waals surface area contributed by atoms with Gasteiger partial charge in [0.2, 0.25) is 11.4 Å². The van der Waals surface area contributed by atoms with E-state index in [0.29, 0.717) is 0 Å². The van der Waals surface area contributed by atoms with Gasteiger partial charge in [0.05, 0.1) is 0 Å². The van der Waals surface area contributed by atoms with Crippen LogP contribution < -0.4 is 0 Å². The minimum Gasteiger partial charge on any atom is -0.493 e. The van der Waals surface area contributed by atoms with Gasteiger partial charge in [0.1, 0.15) is 0 Å². The Hall–Kier alpha value is -1.82. The second-order valence-corrected chi connectivity index (χ2v) is 28.9. The summed E-state index contributed by atoms with van der Waals surface area (Å²) in [5.41, 5.74) is 27.1. The van der Waals surface area contributed by atoms with Gasteiger partial charge in [-0.1, -0.05) is 184 Å². The van der Waals surface area contributed by atoms with Crippen LogP contribution in [0.2, 0.25) is 9.79 Å². The summed E-state index contributed by atoms with van der Waals surface area (Å²) in [7, 11) is 0. The Bertz CT molecular complexity index is 1820. The molecule has 2 aromatic rings. The van der Waals surface area contributed by atoms with Gasteiger partial charge >= 0.3 is 169 Å². The van der Waals surface area contributed by atoms with Crippen molar-refractivity contribution in [3.8, 4) is 0 Å². The summed E-state index contributed by atoms with van der Waals surface area (Å²) >= 11 is 1.06. The predicted octanol–water partition coefficient (Wildman–Crippen LogP) is 28.6. The van der Waals surface area contributed by atoms with Crippen LogP contribution in [0.5, 0.6) is 0 Å². The fraction of sp³-hybridized carbons (Fsp3) is 0.802. The van der Waals surface area contributed by atoms with Gasteiger partial charge in [0, 0.05) is 22.8 Å². The third kappa shape index (κ3) is 37.2. The zero-order chi connectivity index (χ0) is 60.8. The molecule has 0 amide bonds. The SMILES string of the molecule is CCCCCCCCCCCCCCC[CH2][Pd][CH2]CCCCCCCCCCCCCCC.CCCCCCc1cc(C2=CC(C)=C(c3cc(CCCCCC)c(CCCC)c(CCCCCC)c3)[N+]2=[N-])cc(CCCCCC)c1CCCC. The van der Waals surface area contributed by atoms with E-state index in [4.69, 9.17) is 0 Å². The van der Waals surface area contributed by atoms with Crippen LogP contribution >= 0.6 is 0 Å². The third-order valence-electron chi connectivity index (χ3n) is 18.5. The Labute approximate surface area is 535 Å². The first-order valence-corrected chi connectivity index (χ1v) is 40.2. The molecule has 2 nitrogen and oxygen atoms in total. The normalized spacial score (nSPS) is 12.5. The monoisotopic (exact) mass is 1250 g/mol. The van der Waals surface area contributed by atoms with Crippen molar-refractivity contribution in [1.82, 2.24) is 0 Å². The van der Waals surface area contributed by atoms with Gasteiger partial charge in [-0.25, -0.2) is 4.70 Å². The average molecular weight is 1250 g/mol. The quantitative estimate of drug-likeness (QED) is 0.0358. The van der Waals surface area contributed by atoms with E-state index in [-0.39, 0.29) is 0 Å². The smallest absolute Gasteiger partial charge is 0.493 e. The number of allylic oxidation sites excluding steroid dienone is 2. The summed E-state index contributed by atoms with van der Waals surface area (Å²) in [5, 5.41) is 0. The van der Waals surface area contributed by atoms with E-state index in [9.17, 15) is 5.53 Å². The average Bonchev–Trinajstić information content (AvgIpc) is 2.29. The van der Waals surface area contributed by atoms with Gasteiger partial charge < -0.3 is 5.53 Å². The van der Waals surface area contributed by atoms with Crippen LogP contribution in [-0.4, -0.2) is 4.70 Å². The molecule has 0 radical (unpaired) electrons. The molecule has 1 heterocycles. The molecule has 0 spiro atoms. The molecule has 488 valence electrons. The summed E-state index contributed by atoms with van der Waals surface area (Å²) in [6, 6.07) is 9.86. The molecule has 3 rings (SSSR count). The van der Waals surface area contributed by atoms with E-state index in [0.717, 1.165) is 55.1 Å². The number of hydrogen-bond acceptors (Lipinski definition) is 0. The zero-order valence-corrected chi connectivity index (χ0v) is 59.7. The fourth-order valence-electron chi connectivity index (χ4n) is 13.1. The maximum atomic E-state index is 12.2. The van der Waals surface area contributed by atoms with Gasteiger partial charge in [0.15, 0.2) is 0 Å². The van der Waals surface area contributed by atoms with Crippen molar-refractivity contribution >= 4 is 11.4 Å². The summed E-state index contributed by atoms with van der Waals surface area (Å²) in [6.45, 7) is 20.7. The molecule has 1 aliphatic rings. The van der Waals surface area contributed by atoms with Crippen LogP contribution in [0.15, 0.2) is 35.9 Å². The minimum absolute atomic E-state index is 0.957. The molecule has 0 bridgehead atoms. The third-order valence-corrected chi connectivity index (χ3v) is 20.7. The van der Waals surface area contributed by atoms with E-state index in [2.05, 4.69) is 92.7 Å². The molecule has 3 heteroatoms. The summed E-state index contributed by atoms with van der Waals surface area (Å²) < 4.78 is 1.57. The molecular formula is C81H144N2Pd. The van der Waals surface area contributed by atoms with Crippen molar-refractivity contribution < 1.29 is 22.7 Å². The fourth-order valence-corrected chi connectivity index (χ4v) is 15.0. The summed E-state index contributed by atoms with van der Waals surface area (Å²) in [4.78, 5) is 3.09. The van der Waals surface area contributed by atoms with Crippen molar-refractivity contribution in [3.05, 3.63) is 86.0 Å². The topological polar surface area (TPSA) is 25.3 Å². The zero-order valence-electron chi connectivity index (χ0n) is 58.2. The Morgan fingerprint density at radius 1 is 0.286 bits per heavy atom. The molecule has 0 saturated carbocycles. The number of benzene rings is 2. The maximum absolute atomic E-state index is 12.2. The minimum atomic E-state index is 0.957. The van der Waals surface area contributed by atoms with Crippen molar-refractivity contribution in [2.24, 2.45) is 0 Å². The van der Waals surface area contributed by atoms with E-state index >= 15 is 0 Å². The van der Waals surface area contributed by atoms with E-state index in [1.54, 1.807) is 25.6 Å². The van der Waals surface area contributed by atoms with Crippen LogP contribution in [-0.2, 0) is 56.5 Å². The van der Waals surface area contributed by atoms with Crippen molar-refractivity contribution in [2.45, 2.75) is 419 Å². The molecule has 2 aromatic carbocycles. The number of rotatable bonds is 58. The number of hydrogen-bond donors (Lipinski definition) is 0. The van der Waals surface area contributed by atoms with Crippen LogP contribution in [0.25, 0.3) is 16.9 Å². The molecule has 0 unspecified atom stereocenters. The second-order valence-electron chi connectivity index (χ2n) is 26.5. The molecule has 0 aliphatic carbocycles. The van der Waals surface area contributed by atoms with E-state index in [1.807, 2.05) is 0 Å². The Kier molecular flexibility index (Phi) is 52.6. The van der Waals surface area contributed by atoms with E-state index in [1.165, 1.54) is 360 Å². The van der Waals surface area contributed by atoms with Crippen LogP contribution in [0.1, 0.15) is 415 Å². The van der Waals surface area contributed by atoms with Crippen molar-refractivity contribution in [3.63, 3.8) is 0 Å². The predicted molar refractivity (Wildman–Crippen MR) is 376 cm³/mol. The first kappa shape index (κ1) is 78.3. The Morgan fingerprint density at radius 3 is 0.798 bits per heavy atom. The standard InChI is InChI=1S/C49H78N2.2C16H33.Pd/c1-8-14-20-24-28-40-35-44(36-41(29-25-21-15-9-2)46(40)32-18-12-5)48-34-39(7)49(51(48)50)45-37-42(30-26-22-16-10-3)47(33-19-13-6)43(38-45)31-27-23-17-11-4;2*1-3-5-7-9-11-13-15-16-14-12-10-8-6-4-2;/h34-38H,8-33H2,1-7H3;2*1,3-16H2,2H3;. The van der Waals surface area contributed by atoms with Gasteiger partial charge in [-0.2, -0.15) is 0 Å². The molecule has 0 atom stereocenters. The Morgan fingerprint density at radius 2 is 0.524 bits per heavy atom. The summed E-state index contributed by atoms with van der Waals surface area (Å²) in [5.74, 6) is 0. The Balaban J connectivity index is 0.000000633. The molecule has 0 saturated heterocycles. The number of unbranched alkanes of at least 4 members (excludes halogenated alkanes) is 40. The number of nitrogens with zero attached hydrogens (tertiary/aromatic N) is 2. The van der Waals surface area contributed by atoms with Crippen molar-refractivity contribution in [1.29, 1.82) is 0 Å². The molecule has 0 N–H and O–H groups in total. The van der Waals surface area contributed by atoms with Crippen LogP contribution in [0.4, 0.5) is 0 Å². The van der Waals surface area contributed by atoms with Crippen molar-refractivity contribution in [2.75, 3.05) is 0 Å². The van der Waals surface area contributed by atoms with Gasteiger partial charge in [0.25, 0.3) is 0 Å². The van der Waals surface area contributed by atoms with Gasteiger partial charge in [-0.05, 0) is 142 Å². The molecule has 84 heavy (non-hydrogen) atoms. The molecular weight excluding hydrogens is 1110 g/mol. The van der Waals surface area contributed by atoms with Gasteiger partial charge in [-0.15, -0.1) is 0 Å². The molecule has 1 aliphatic heterocycles. The summed E-state index contributed by atoms with van der Waals surface area (Å²) in [6.07, 6.45) is 76.3. The number of aryl methyl sites for hydroxylation is 4. The second kappa shape index (κ2) is 56.4. The first-order chi connectivity index (χ1) is 41.3. The molecule has 0 fully saturated rings.